The minimum atomic E-state index is -3.58. The van der Waals surface area contributed by atoms with Crippen LogP contribution in [0, 0.1) is 0 Å². The highest BCUT2D eigenvalue weighted by atomic mass is 79.9. The van der Waals surface area contributed by atoms with Crippen LogP contribution in [0.15, 0.2) is 58.2 Å². The Labute approximate surface area is 134 Å². The van der Waals surface area contributed by atoms with E-state index in [0.29, 0.717) is 11.0 Å². The number of hydrogen-bond acceptors (Lipinski definition) is 3. The standard InChI is InChI=1S/C15H17BrN2O2S/c1-12(2)18(11-13-6-4-3-5-7-13)21(19,20)15-8-14(16)9-17-10-15/h3-10,12H,11H2,1-2H3. The Hall–Kier alpha value is -1.24. The Morgan fingerprint density at radius 3 is 2.43 bits per heavy atom. The molecule has 0 saturated heterocycles. The monoisotopic (exact) mass is 368 g/mol. The van der Waals surface area contributed by atoms with Crippen molar-refractivity contribution in [2.24, 2.45) is 0 Å². The van der Waals surface area contributed by atoms with Crippen molar-refractivity contribution < 1.29 is 8.42 Å². The van der Waals surface area contributed by atoms with Crippen LogP contribution >= 0.6 is 15.9 Å². The molecule has 0 saturated carbocycles. The summed E-state index contributed by atoms with van der Waals surface area (Å²) in [6, 6.07) is 11.0. The number of rotatable bonds is 5. The van der Waals surface area contributed by atoms with Crippen molar-refractivity contribution in [2.45, 2.75) is 31.3 Å². The Kier molecular flexibility index (Phi) is 5.13. The third-order valence-corrected chi connectivity index (χ3v) is 5.46. The highest BCUT2D eigenvalue weighted by Gasteiger charge is 2.27. The minimum absolute atomic E-state index is 0.144. The maximum atomic E-state index is 12.8. The third kappa shape index (κ3) is 3.90. The first-order valence-electron chi connectivity index (χ1n) is 6.57. The molecule has 0 unspecified atom stereocenters. The fourth-order valence-corrected chi connectivity index (χ4v) is 4.11. The molecule has 6 heteroatoms. The summed E-state index contributed by atoms with van der Waals surface area (Å²) in [4.78, 5) is 4.14. The van der Waals surface area contributed by atoms with E-state index < -0.39 is 10.0 Å². The van der Waals surface area contributed by atoms with E-state index in [9.17, 15) is 8.42 Å². The lowest BCUT2D eigenvalue weighted by Crippen LogP contribution is -2.36. The highest BCUT2D eigenvalue weighted by Crippen LogP contribution is 2.22. The van der Waals surface area contributed by atoms with Gasteiger partial charge in [0.1, 0.15) is 4.90 Å². The molecule has 0 radical (unpaired) electrons. The van der Waals surface area contributed by atoms with Crippen molar-refractivity contribution in [3.05, 3.63) is 58.8 Å². The van der Waals surface area contributed by atoms with Gasteiger partial charge in [0.05, 0.1) is 0 Å². The van der Waals surface area contributed by atoms with Crippen LogP contribution in [0.2, 0.25) is 0 Å². The lowest BCUT2D eigenvalue weighted by atomic mass is 10.2. The Bertz CT molecular complexity index is 703. The summed E-state index contributed by atoms with van der Waals surface area (Å²) in [6.45, 7) is 4.07. The van der Waals surface area contributed by atoms with Gasteiger partial charge in [-0.15, -0.1) is 0 Å². The maximum absolute atomic E-state index is 12.8. The molecule has 0 N–H and O–H groups in total. The van der Waals surface area contributed by atoms with Crippen molar-refractivity contribution >= 4 is 26.0 Å². The largest absolute Gasteiger partial charge is 0.262 e. The van der Waals surface area contributed by atoms with Crippen LogP contribution in [0.5, 0.6) is 0 Å². The average Bonchev–Trinajstić information content (AvgIpc) is 2.45. The van der Waals surface area contributed by atoms with Gasteiger partial charge in [-0.1, -0.05) is 30.3 Å². The number of halogens is 1. The van der Waals surface area contributed by atoms with Crippen molar-refractivity contribution in [3.63, 3.8) is 0 Å². The molecular formula is C15H17BrN2O2S. The van der Waals surface area contributed by atoms with Crippen LogP contribution in [0.1, 0.15) is 19.4 Å². The first kappa shape index (κ1) is 16.1. The molecule has 1 heterocycles. The molecule has 0 bridgehead atoms. The third-order valence-electron chi connectivity index (χ3n) is 3.04. The highest BCUT2D eigenvalue weighted by molar-refractivity contribution is 9.10. The molecular weight excluding hydrogens is 352 g/mol. The molecule has 0 fully saturated rings. The van der Waals surface area contributed by atoms with Crippen LogP contribution in [0.4, 0.5) is 0 Å². The quantitative estimate of drug-likeness (QED) is 0.811. The first-order valence-corrected chi connectivity index (χ1v) is 8.81. The van der Waals surface area contributed by atoms with E-state index in [0.717, 1.165) is 5.56 Å². The summed E-state index contributed by atoms with van der Waals surface area (Å²) < 4.78 is 27.7. The summed E-state index contributed by atoms with van der Waals surface area (Å²) in [5.41, 5.74) is 0.956. The van der Waals surface area contributed by atoms with E-state index in [4.69, 9.17) is 0 Å². The Morgan fingerprint density at radius 2 is 1.86 bits per heavy atom. The number of sulfonamides is 1. The zero-order valence-electron chi connectivity index (χ0n) is 11.9. The summed E-state index contributed by atoms with van der Waals surface area (Å²) in [6.07, 6.45) is 2.94. The first-order chi connectivity index (χ1) is 9.91. The van der Waals surface area contributed by atoms with Gasteiger partial charge in [-0.25, -0.2) is 8.42 Å². The van der Waals surface area contributed by atoms with E-state index >= 15 is 0 Å². The Morgan fingerprint density at radius 1 is 1.19 bits per heavy atom. The van der Waals surface area contributed by atoms with Crippen molar-refractivity contribution in [1.82, 2.24) is 9.29 Å². The van der Waals surface area contributed by atoms with Crippen LogP contribution < -0.4 is 0 Å². The molecule has 0 aliphatic heterocycles. The van der Waals surface area contributed by atoms with E-state index in [-0.39, 0.29) is 10.9 Å². The zero-order chi connectivity index (χ0) is 15.5. The fraction of sp³-hybridized carbons (Fsp3) is 0.267. The molecule has 2 rings (SSSR count). The van der Waals surface area contributed by atoms with Crippen LogP contribution in [0.3, 0.4) is 0 Å². The van der Waals surface area contributed by atoms with Gasteiger partial charge in [-0.3, -0.25) is 4.98 Å². The second-order valence-corrected chi connectivity index (χ2v) is 7.77. The van der Waals surface area contributed by atoms with Crippen molar-refractivity contribution in [1.29, 1.82) is 0 Å². The number of nitrogens with zero attached hydrogens (tertiary/aromatic N) is 2. The van der Waals surface area contributed by atoms with Crippen molar-refractivity contribution in [3.8, 4) is 0 Å². The molecule has 0 amide bonds. The maximum Gasteiger partial charge on any atom is 0.245 e. The van der Waals surface area contributed by atoms with Gasteiger partial charge < -0.3 is 0 Å². The molecule has 0 aliphatic rings. The lowest BCUT2D eigenvalue weighted by Gasteiger charge is -2.26. The Balaban J connectivity index is 2.37. The van der Waals surface area contributed by atoms with E-state index in [1.807, 2.05) is 44.2 Å². The van der Waals surface area contributed by atoms with Gasteiger partial charge >= 0.3 is 0 Å². The molecule has 0 spiro atoms. The lowest BCUT2D eigenvalue weighted by molar-refractivity contribution is 0.348. The van der Waals surface area contributed by atoms with E-state index in [1.165, 1.54) is 10.5 Å². The van der Waals surface area contributed by atoms with Crippen LogP contribution in [-0.2, 0) is 16.6 Å². The molecule has 2 aromatic rings. The van der Waals surface area contributed by atoms with E-state index in [1.54, 1.807) is 12.3 Å². The van der Waals surface area contributed by atoms with Gasteiger partial charge in [0.25, 0.3) is 0 Å². The van der Waals surface area contributed by atoms with Gasteiger partial charge in [0.2, 0.25) is 10.0 Å². The van der Waals surface area contributed by atoms with Crippen LogP contribution in [0.25, 0.3) is 0 Å². The second kappa shape index (κ2) is 6.68. The summed E-state index contributed by atoms with van der Waals surface area (Å²) in [7, 11) is -3.58. The molecule has 21 heavy (non-hydrogen) atoms. The van der Waals surface area contributed by atoms with Crippen LogP contribution in [-0.4, -0.2) is 23.7 Å². The van der Waals surface area contributed by atoms with Crippen molar-refractivity contribution in [2.75, 3.05) is 0 Å². The summed E-state index contributed by atoms with van der Waals surface area (Å²) in [5, 5.41) is 0. The zero-order valence-corrected chi connectivity index (χ0v) is 14.3. The molecule has 0 aliphatic carbocycles. The molecule has 0 atom stereocenters. The smallest absolute Gasteiger partial charge is 0.245 e. The molecule has 1 aromatic heterocycles. The van der Waals surface area contributed by atoms with Gasteiger partial charge in [0.15, 0.2) is 0 Å². The number of pyridine rings is 1. The van der Waals surface area contributed by atoms with Gasteiger partial charge in [-0.2, -0.15) is 4.31 Å². The normalized spacial score (nSPS) is 12.0. The summed E-state index contributed by atoms with van der Waals surface area (Å²) >= 11 is 3.26. The average molecular weight is 369 g/mol. The SMILES string of the molecule is CC(C)N(Cc1ccccc1)S(=O)(=O)c1cncc(Br)c1. The minimum Gasteiger partial charge on any atom is -0.262 e. The summed E-state index contributed by atoms with van der Waals surface area (Å²) in [5.74, 6) is 0. The molecule has 4 nitrogen and oxygen atoms in total. The molecule has 112 valence electrons. The predicted molar refractivity (Wildman–Crippen MR) is 86.2 cm³/mol. The number of benzene rings is 1. The number of hydrogen-bond donors (Lipinski definition) is 0. The van der Waals surface area contributed by atoms with Gasteiger partial charge in [0, 0.05) is 29.5 Å². The predicted octanol–water partition coefficient (Wildman–Crippen LogP) is 3.44. The second-order valence-electron chi connectivity index (χ2n) is 4.97. The number of aromatic nitrogens is 1. The van der Waals surface area contributed by atoms with Gasteiger partial charge in [-0.05, 0) is 41.4 Å². The molecule has 1 aromatic carbocycles. The topological polar surface area (TPSA) is 50.3 Å². The fourth-order valence-electron chi connectivity index (χ4n) is 1.98. The van der Waals surface area contributed by atoms with E-state index in [2.05, 4.69) is 20.9 Å².